The first-order valence-electron chi connectivity index (χ1n) is 8.90. The number of hydrogen-bond donors (Lipinski definition) is 2. The fourth-order valence-electron chi connectivity index (χ4n) is 2.88. The Labute approximate surface area is 173 Å². The van der Waals surface area contributed by atoms with Gasteiger partial charge in [0, 0.05) is 21.4 Å². The fraction of sp³-hybridized carbons (Fsp3) is 0.238. The number of amides is 2. The van der Waals surface area contributed by atoms with Gasteiger partial charge < -0.3 is 15.4 Å². The third kappa shape index (κ3) is 4.88. The summed E-state index contributed by atoms with van der Waals surface area (Å²) in [6, 6.07) is 14.2. The molecule has 3 rings (SSSR count). The number of esters is 1. The molecule has 1 aliphatic heterocycles. The van der Waals surface area contributed by atoms with E-state index in [-0.39, 0.29) is 12.6 Å². The van der Waals surface area contributed by atoms with Crippen molar-refractivity contribution in [3.05, 3.63) is 76.0 Å². The zero-order chi connectivity index (χ0) is 20.1. The predicted molar refractivity (Wildman–Crippen MR) is 111 cm³/mol. The van der Waals surface area contributed by atoms with Crippen molar-refractivity contribution in [1.82, 2.24) is 10.6 Å². The van der Waals surface area contributed by atoms with Crippen LogP contribution in [0.2, 0.25) is 5.02 Å². The molecule has 5 nitrogen and oxygen atoms in total. The molecule has 146 valence electrons. The van der Waals surface area contributed by atoms with E-state index in [1.807, 2.05) is 31.2 Å². The van der Waals surface area contributed by atoms with Gasteiger partial charge in [0.1, 0.15) is 0 Å². The highest BCUT2D eigenvalue weighted by molar-refractivity contribution is 7.99. The van der Waals surface area contributed by atoms with E-state index in [1.165, 1.54) is 5.56 Å². The average molecular weight is 417 g/mol. The number of hydrogen-bond acceptors (Lipinski definition) is 4. The minimum atomic E-state index is -0.598. The molecule has 2 aromatic carbocycles. The Hall–Kier alpha value is -2.44. The van der Waals surface area contributed by atoms with E-state index in [0.29, 0.717) is 22.0 Å². The fourth-order valence-corrected chi connectivity index (χ4v) is 3.87. The Kier molecular flexibility index (Phi) is 6.65. The molecule has 0 fully saturated rings. The van der Waals surface area contributed by atoms with Gasteiger partial charge in [-0.15, -0.1) is 11.8 Å². The minimum absolute atomic E-state index is 0.252. The molecule has 0 bridgehead atoms. The van der Waals surface area contributed by atoms with Crippen molar-refractivity contribution in [3.8, 4) is 0 Å². The number of ether oxygens (including phenoxy) is 1. The van der Waals surface area contributed by atoms with Crippen LogP contribution in [-0.4, -0.2) is 24.4 Å². The van der Waals surface area contributed by atoms with Crippen LogP contribution in [0.4, 0.5) is 4.79 Å². The van der Waals surface area contributed by atoms with Crippen molar-refractivity contribution in [2.45, 2.75) is 24.8 Å². The van der Waals surface area contributed by atoms with Crippen molar-refractivity contribution in [2.24, 2.45) is 0 Å². The quantitative estimate of drug-likeness (QED) is 0.533. The third-order valence-corrected chi connectivity index (χ3v) is 5.55. The molecule has 2 amide bonds. The lowest BCUT2D eigenvalue weighted by atomic mass is 9.95. The van der Waals surface area contributed by atoms with Crippen LogP contribution >= 0.6 is 23.4 Å². The van der Waals surface area contributed by atoms with E-state index in [1.54, 1.807) is 43.0 Å². The molecule has 2 aromatic rings. The number of thioether (sulfide) groups is 1. The number of benzene rings is 2. The Morgan fingerprint density at radius 2 is 1.82 bits per heavy atom. The molecule has 1 atom stereocenters. The molecule has 0 saturated carbocycles. The number of nitrogens with one attached hydrogen (secondary N) is 2. The molecule has 1 heterocycles. The number of carbonyl (C=O) groups excluding carboxylic acids is 2. The molecule has 1 aliphatic rings. The second-order valence-corrected chi connectivity index (χ2v) is 7.78. The number of carbonyl (C=O) groups is 2. The van der Waals surface area contributed by atoms with E-state index < -0.39 is 12.0 Å². The predicted octanol–water partition coefficient (Wildman–Crippen LogP) is 4.61. The average Bonchev–Trinajstić information content (AvgIpc) is 2.68. The Bertz CT molecular complexity index is 895. The number of halogens is 1. The summed E-state index contributed by atoms with van der Waals surface area (Å²) in [7, 11) is 0. The summed E-state index contributed by atoms with van der Waals surface area (Å²) in [5.74, 6) is -0.0104. The maximum Gasteiger partial charge on any atom is 0.338 e. The van der Waals surface area contributed by atoms with Crippen LogP contribution in [0, 0.1) is 6.92 Å². The van der Waals surface area contributed by atoms with Gasteiger partial charge in [0.25, 0.3) is 0 Å². The lowest BCUT2D eigenvalue weighted by molar-refractivity contribution is -0.139. The highest BCUT2D eigenvalue weighted by atomic mass is 35.5. The normalized spacial score (nSPS) is 16.4. The number of urea groups is 1. The van der Waals surface area contributed by atoms with Crippen molar-refractivity contribution in [3.63, 3.8) is 0 Å². The summed E-state index contributed by atoms with van der Waals surface area (Å²) in [6.07, 6.45) is 0. The van der Waals surface area contributed by atoms with Gasteiger partial charge in [0.05, 0.1) is 18.2 Å². The van der Waals surface area contributed by atoms with Crippen LogP contribution in [0.5, 0.6) is 0 Å². The zero-order valence-electron chi connectivity index (χ0n) is 15.6. The Morgan fingerprint density at radius 3 is 2.46 bits per heavy atom. The number of rotatable bonds is 6. The maximum atomic E-state index is 12.7. The van der Waals surface area contributed by atoms with Crippen LogP contribution < -0.4 is 10.6 Å². The van der Waals surface area contributed by atoms with Crippen LogP contribution in [0.3, 0.4) is 0 Å². The minimum Gasteiger partial charge on any atom is -0.463 e. The van der Waals surface area contributed by atoms with Gasteiger partial charge in [-0.2, -0.15) is 0 Å². The van der Waals surface area contributed by atoms with Crippen molar-refractivity contribution in [2.75, 3.05) is 12.4 Å². The summed E-state index contributed by atoms with van der Waals surface area (Å²) in [6.45, 7) is 4.03. The lowest BCUT2D eigenvalue weighted by Gasteiger charge is -2.29. The van der Waals surface area contributed by atoms with Crippen LogP contribution in [0.15, 0.2) is 64.7 Å². The zero-order valence-corrected chi connectivity index (χ0v) is 17.2. The van der Waals surface area contributed by atoms with Crippen molar-refractivity contribution >= 4 is 35.4 Å². The SMILES string of the molecule is CCOC(=O)C1=C(CSc2ccc(C)cc2)NC(=O)N[C@@H]1c1ccc(Cl)cc1. The molecule has 0 aliphatic carbocycles. The first kappa shape index (κ1) is 20.3. The Morgan fingerprint density at radius 1 is 1.14 bits per heavy atom. The highest BCUT2D eigenvalue weighted by Crippen LogP contribution is 2.31. The topological polar surface area (TPSA) is 67.4 Å². The monoisotopic (exact) mass is 416 g/mol. The van der Waals surface area contributed by atoms with Crippen LogP contribution in [0.1, 0.15) is 24.1 Å². The second kappa shape index (κ2) is 9.17. The molecule has 0 radical (unpaired) electrons. The number of aryl methyl sites for hydroxylation is 1. The smallest absolute Gasteiger partial charge is 0.338 e. The molecule has 0 unspecified atom stereocenters. The van der Waals surface area contributed by atoms with Gasteiger partial charge in [-0.1, -0.05) is 41.4 Å². The van der Waals surface area contributed by atoms with Gasteiger partial charge in [-0.05, 0) is 43.7 Å². The van der Waals surface area contributed by atoms with E-state index in [2.05, 4.69) is 10.6 Å². The van der Waals surface area contributed by atoms with Gasteiger partial charge in [-0.3, -0.25) is 0 Å². The van der Waals surface area contributed by atoms with Gasteiger partial charge in [0.2, 0.25) is 0 Å². The van der Waals surface area contributed by atoms with E-state index >= 15 is 0 Å². The van der Waals surface area contributed by atoms with Gasteiger partial charge in [0.15, 0.2) is 0 Å². The molecule has 0 spiro atoms. The highest BCUT2D eigenvalue weighted by Gasteiger charge is 2.33. The van der Waals surface area contributed by atoms with Crippen LogP contribution in [-0.2, 0) is 9.53 Å². The second-order valence-electron chi connectivity index (χ2n) is 6.30. The summed E-state index contributed by atoms with van der Waals surface area (Å²) < 4.78 is 5.27. The summed E-state index contributed by atoms with van der Waals surface area (Å²) in [4.78, 5) is 26.0. The van der Waals surface area contributed by atoms with Gasteiger partial charge >= 0.3 is 12.0 Å². The molecule has 7 heteroatoms. The molecule has 2 N–H and O–H groups in total. The lowest BCUT2D eigenvalue weighted by Crippen LogP contribution is -2.46. The molecule has 28 heavy (non-hydrogen) atoms. The van der Waals surface area contributed by atoms with Gasteiger partial charge in [-0.25, -0.2) is 9.59 Å². The molecule has 0 saturated heterocycles. The molecular formula is C21H21ClN2O3S. The molecular weight excluding hydrogens is 396 g/mol. The standard InChI is InChI=1S/C21H21ClN2O3S/c1-3-27-20(25)18-17(12-28-16-10-4-13(2)5-11-16)23-21(26)24-19(18)14-6-8-15(22)9-7-14/h4-11,19H,3,12H2,1-2H3,(H2,23,24,26)/t19-/m1/s1. The first-order valence-corrected chi connectivity index (χ1v) is 10.3. The van der Waals surface area contributed by atoms with Crippen molar-refractivity contribution in [1.29, 1.82) is 0 Å². The van der Waals surface area contributed by atoms with Crippen LogP contribution in [0.25, 0.3) is 0 Å². The summed E-state index contributed by atoms with van der Waals surface area (Å²) in [5, 5.41) is 6.18. The van der Waals surface area contributed by atoms with E-state index in [9.17, 15) is 9.59 Å². The maximum absolute atomic E-state index is 12.7. The summed E-state index contributed by atoms with van der Waals surface area (Å²) >= 11 is 7.53. The largest absolute Gasteiger partial charge is 0.463 e. The Balaban J connectivity index is 1.94. The third-order valence-electron chi connectivity index (χ3n) is 4.26. The van der Waals surface area contributed by atoms with E-state index in [0.717, 1.165) is 10.5 Å². The first-order chi connectivity index (χ1) is 13.5. The molecule has 0 aromatic heterocycles. The summed E-state index contributed by atoms with van der Waals surface area (Å²) in [5.41, 5.74) is 2.89. The van der Waals surface area contributed by atoms with Crippen molar-refractivity contribution < 1.29 is 14.3 Å². The van der Waals surface area contributed by atoms with E-state index in [4.69, 9.17) is 16.3 Å².